The maximum atomic E-state index is 12.6. The maximum Gasteiger partial charge on any atom is 0.251 e. The number of nitrogens with zero attached hydrogens (tertiary/aromatic N) is 1. The number of rotatable bonds is 7. The fourth-order valence-corrected chi connectivity index (χ4v) is 4.06. The highest BCUT2D eigenvalue weighted by Crippen LogP contribution is 2.22. The Labute approximate surface area is 195 Å². The van der Waals surface area contributed by atoms with E-state index in [4.69, 9.17) is 0 Å². The lowest BCUT2D eigenvalue weighted by atomic mass is 10.0. The zero-order valence-corrected chi connectivity index (χ0v) is 18.9. The molecule has 2 amide bonds. The Kier molecular flexibility index (Phi) is 7.50. The van der Waals surface area contributed by atoms with Gasteiger partial charge in [0.05, 0.1) is 0 Å². The van der Waals surface area contributed by atoms with E-state index in [1.54, 1.807) is 24.3 Å². The molecule has 3 N–H and O–H groups in total. The summed E-state index contributed by atoms with van der Waals surface area (Å²) in [5.74, 6) is -0.341. The van der Waals surface area contributed by atoms with E-state index < -0.39 is 0 Å². The van der Waals surface area contributed by atoms with Crippen LogP contribution in [-0.2, 0) is 17.9 Å². The summed E-state index contributed by atoms with van der Waals surface area (Å²) in [4.78, 5) is 26.3. The van der Waals surface area contributed by atoms with Crippen molar-refractivity contribution in [3.63, 3.8) is 0 Å². The van der Waals surface area contributed by atoms with Crippen LogP contribution < -0.4 is 16.0 Å². The van der Waals surface area contributed by atoms with Crippen molar-refractivity contribution in [3.05, 3.63) is 89.5 Å². The first-order chi connectivity index (χ1) is 16.1. The largest absolute Gasteiger partial charge is 0.348 e. The number of carbonyl (C=O) groups is 2. The molecule has 170 valence electrons. The van der Waals surface area contributed by atoms with Crippen molar-refractivity contribution in [2.75, 3.05) is 31.5 Å². The number of hydrogen-bond acceptors (Lipinski definition) is 4. The van der Waals surface area contributed by atoms with Gasteiger partial charge < -0.3 is 16.0 Å². The van der Waals surface area contributed by atoms with Crippen LogP contribution in [0.25, 0.3) is 11.1 Å². The Morgan fingerprint density at radius 3 is 2.27 bits per heavy atom. The van der Waals surface area contributed by atoms with Crippen molar-refractivity contribution in [1.29, 1.82) is 0 Å². The van der Waals surface area contributed by atoms with Gasteiger partial charge >= 0.3 is 0 Å². The van der Waals surface area contributed by atoms with Crippen molar-refractivity contribution >= 4 is 17.5 Å². The Hall–Kier alpha value is -3.48. The van der Waals surface area contributed by atoms with Crippen LogP contribution >= 0.6 is 0 Å². The molecule has 3 aromatic carbocycles. The fraction of sp³-hybridized carbons (Fsp3) is 0.259. The van der Waals surface area contributed by atoms with Gasteiger partial charge in [0.1, 0.15) is 0 Å². The Morgan fingerprint density at radius 1 is 0.879 bits per heavy atom. The first-order valence-corrected chi connectivity index (χ1v) is 11.3. The molecule has 0 radical (unpaired) electrons. The number of amides is 2. The van der Waals surface area contributed by atoms with Gasteiger partial charge in [-0.05, 0) is 52.6 Å². The first-order valence-electron chi connectivity index (χ1n) is 11.3. The van der Waals surface area contributed by atoms with Crippen LogP contribution in [0.5, 0.6) is 0 Å². The minimum Gasteiger partial charge on any atom is -0.348 e. The molecule has 1 fully saturated rings. The summed E-state index contributed by atoms with van der Waals surface area (Å²) in [6.45, 7) is 7.08. The summed E-state index contributed by atoms with van der Waals surface area (Å²) < 4.78 is 0. The zero-order chi connectivity index (χ0) is 23.0. The van der Waals surface area contributed by atoms with Crippen molar-refractivity contribution in [1.82, 2.24) is 15.5 Å². The summed E-state index contributed by atoms with van der Waals surface area (Å²) in [7, 11) is 0. The Morgan fingerprint density at radius 2 is 1.55 bits per heavy atom. The van der Waals surface area contributed by atoms with Crippen molar-refractivity contribution in [2.45, 2.75) is 20.0 Å². The van der Waals surface area contributed by atoms with Gasteiger partial charge in [0, 0.05) is 57.4 Å². The average Bonchev–Trinajstić information content (AvgIpc) is 2.83. The molecule has 33 heavy (non-hydrogen) atoms. The second-order valence-electron chi connectivity index (χ2n) is 8.37. The smallest absolute Gasteiger partial charge is 0.251 e. The highest BCUT2D eigenvalue weighted by molar-refractivity contribution is 5.96. The van der Waals surface area contributed by atoms with Crippen LogP contribution in [0.1, 0.15) is 28.4 Å². The van der Waals surface area contributed by atoms with Gasteiger partial charge in [0.15, 0.2) is 0 Å². The molecule has 1 heterocycles. The lowest BCUT2D eigenvalue weighted by Crippen LogP contribution is -2.42. The lowest BCUT2D eigenvalue weighted by Gasteiger charge is -2.27. The van der Waals surface area contributed by atoms with E-state index >= 15 is 0 Å². The SMILES string of the molecule is CC(=O)Nc1cccc(C(=O)NCc2cccc(-c3cccc(CN4CCNCC4)c3)c2)c1. The molecule has 6 nitrogen and oxygen atoms in total. The van der Waals surface area contributed by atoms with Gasteiger partial charge in [-0.2, -0.15) is 0 Å². The van der Waals surface area contributed by atoms with Gasteiger partial charge in [-0.15, -0.1) is 0 Å². The van der Waals surface area contributed by atoms with Crippen molar-refractivity contribution in [2.24, 2.45) is 0 Å². The Bertz CT molecular complexity index is 1120. The molecule has 0 aliphatic carbocycles. The number of anilines is 1. The van der Waals surface area contributed by atoms with Crippen LogP contribution in [0.15, 0.2) is 72.8 Å². The third-order valence-electron chi connectivity index (χ3n) is 5.70. The average molecular weight is 443 g/mol. The van der Waals surface area contributed by atoms with Crippen LogP contribution in [0.4, 0.5) is 5.69 Å². The fourth-order valence-electron chi connectivity index (χ4n) is 4.06. The predicted molar refractivity (Wildman–Crippen MR) is 132 cm³/mol. The number of nitrogens with one attached hydrogen (secondary N) is 3. The molecule has 1 saturated heterocycles. The number of carbonyl (C=O) groups excluding carboxylic acids is 2. The van der Waals surface area contributed by atoms with E-state index in [-0.39, 0.29) is 11.8 Å². The van der Waals surface area contributed by atoms with Gasteiger partial charge in [-0.25, -0.2) is 0 Å². The molecule has 0 unspecified atom stereocenters. The first kappa shape index (κ1) is 22.7. The standard InChI is InChI=1S/C27H30N4O2/c1-20(32)30-26-10-4-9-25(17-26)27(33)29-18-21-5-2-7-23(15-21)24-8-3-6-22(16-24)19-31-13-11-28-12-14-31/h2-10,15-17,28H,11-14,18-19H2,1H3,(H,29,33)(H,30,32). The summed E-state index contributed by atoms with van der Waals surface area (Å²) in [6.07, 6.45) is 0. The molecule has 0 saturated carbocycles. The maximum absolute atomic E-state index is 12.6. The zero-order valence-electron chi connectivity index (χ0n) is 18.9. The van der Waals surface area contributed by atoms with Crippen LogP contribution in [0, 0.1) is 0 Å². The summed E-state index contributed by atoms with van der Waals surface area (Å²) in [5.41, 5.74) is 5.78. The molecular formula is C27H30N4O2. The highest BCUT2D eigenvalue weighted by Gasteiger charge is 2.11. The number of piperazine rings is 1. The Balaban J connectivity index is 1.40. The minimum absolute atomic E-state index is 0.165. The summed E-state index contributed by atoms with van der Waals surface area (Å²) >= 11 is 0. The normalized spacial score (nSPS) is 14.0. The van der Waals surface area contributed by atoms with Crippen LogP contribution in [0.3, 0.4) is 0 Å². The lowest BCUT2D eigenvalue weighted by molar-refractivity contribution is -0.114. The number of hydrogen-bond donors (Lipinski definition) is 3. The van der Waals surface area contributed by atoms with Gasteiger partial charge in [-0.3, -0.25) is 14.5 Å². The summed E-state index contributed by atoms with van der Waals surface area (Å²) in [5, 5.41) is 9.08. The van der Waals surface area contributed by atoms with E-state index in [1.165, 1.54) is 18.1 Å². The van der Waals surface area contributed by atoms with E-state index in [0.717, 1.165) is 43.9 Å². The van der Waals surface area contributed by atoms with E-state index in [2.05, 4.69) is 57.2 Å². The van der Waals surface area contributed by atoms with E-state index in [1.807, 2.05) is 12.1 Å². The predicted octanol–water partition coefficient (Wildman–Crippen LogP) is 3.65. The molecule has 1 aliphatic rings. The third kappa shape index (κ3) is 6.51. The van der Waals surface area contributed by atoms with E-state index in [0.29, 0.717) is 17.8 Å². The quantitative estimate of drug-likeness (QED) is 0.522. The van der Waals surface area contributed by atoms with Crippen molar-refractivity contribution < 1.29 is 9.59 Å². The molecule has 3 aromatic rings. The van der Waals surface area contributed by atoms with Crippen molar-refractivity contribution in [3.8, 4) is 11.1 Å². The molecule has 6 heteroatoms. The highest BCUT2D eigenvalue weighted by atomic mass is 16.2. The molecule has 1 aliphatic heterocycles. The summed E-state index contributed by atoms with van der Waals surface area (Å²) in [6, 6.07) is 23.9. The third-order valence-corrected chi connectivity index (χ3v) is 5.70. The molecule has 0 atom stereocenters. The molecule has 0 spiro atoms. The van der Waals surface area contributed by atoms with Gasteiger partial charge in [-0.1, -0.05) is 42.5 Å². The number of benzene rings is 3. The van der Waals surface area contributed by atoms with E-state index in [9.17, 15) is 9.59 Å². The molecule has 0 aromatic heterocycles. The molecule has 4 rings (SSSR count). The molecule has 0 bridgehead atoms. The molecular weight excluding hydrogens is 412 g/mol. The topological polar surface area (TPSA) is 73.5 Å². The second kappa shape index (κ2) is 10.9. The second-order valence-corrected chi connectivity index (χ2v) is 8.37. The van der Waals surface area contributed by atoms with Crippen LogP contribution in [0.2, 0.25) is 0 Å². The minimum atomic E-state index is -0.175. The van der Waals surface area contributed by atoms with Gasteiger partial charge in [0.2, 0.25) is 5.91 Å². The van der Waals surface area contributed by atoms with Crippen LogP contribution in [-0.4, -0.2) is 42.9 Å². The van der Waals surface area contributed by atoms with Gasteiger partial charge in [0.25, 0.3) is 5.91 Å². The monoisotopic (exact) mass is 442 g/mol.